The van der Waals surface area contributed by atoms with Crippen LogP contribution in [0.3, 0.4) is 0 Å². The van der Waals surface area contributed by atoms with E-state index >= 15 is 0 Å². The highest BCUT2D eigenvalue weighted by Gasteiger charge is 2.68. The van der Waals surface area contributed by atoms with E-state index in [1.54, 1.807) is 6.07 Å². The van der Waals surface area contributed by atoms with Crippen LogP contribution in [0, 0.1) is 5.92 Å². The van der Waals surface area contributed by atoms with Gasteiger partial charge in [0.2, 0.25) is 0 Å². The number of benzene rings is 1. The fourth-order valence-corrected chi connectivity index (χ4v) is 5.89. The first-order valence-corrected chi connectivity index (χ1v) is 8.30. The van der Waals surface area contributed by atoms with E-state index in [9.17, 15) is 9.90 Å². The third-order valence-corrected chi connectivity index (χ3v) is 6.93. The SMILES string of the molecule is C[N+]1(C)CC[C@]23c4c5ccc([O-])c4OC2C(=O)CC[C@@H]3[C@H]1C5. The molecule has 4 aliphatic rings. The number of piperidine rings is 1. The highest BCUT2D eigenvalue weighted by molar-refractivity contribution is 5.89. The maximum Gasteiger partial charge on any atom is 0.174 e. The summed E-state index contributed by atoms with van der Waals surface area (Å²) in [5.74, 6) is 1.11. The van der Waals surface area contributed by atoms with Gasteiger partial charge < -0.3 is 14.3 Å². The molecule has 1 aromatic rings. The van der Waals surface area contributed by atoms with Crippen LogP contribution < -0.4 is 9.84 Å². The molecule has 4 nitrogen and oxygen atoms in total. The summed E-state index contributed by atoms with van der Waals surface area (Å²) < 4.78 is 7.04. The molecule has 2 bridgehead atoms. The topological polar surface area (TPSA) is 49.4 Å². The zero-order chi connectivity index (χ0) is 15.3. The lowest BCUT2D eigenvalue weighted by molar-refractivity contribution is -0.927. The van der Waals surface area contributed by atoms with E-state index < -0.39 is 6.10 Å². The Morgan fingerprint density at radius 2 is 2.18 bits per heavy atom. The van der Waals surface area contributed by atoms with Gasteiger partial charge in [-0.05, 0) is 12.0 Å². The molecular formula is C18H21NO3. The van der Waals surface area contributed by atoms with Crippen molar-refractivity contribution in [3.63, 3.8) is 0 Å². The van der Waals surface area contributed by atoms with Crippen molar-refractivity contribution in [2.75, 3.05) is 20.6 Å². The molecule has 1 saturated heterocycles. The summed E-state index contributed by atoms with van der Waals surface area (Å²) in [7, 11) is 4.62. The van der Waals surface area contributed by atoms with Gasteiger partial charge in [-0.1, -0.05) is 17.9 Å². The Kier molecular flexibility index (Phi) is 2.16. The van der Waals surface area contributed by atoms with E-state index in [1.165, 1.54) is 5.56 Å². The highest BCUT2D eigenvalue weighted by atomic mass is 16.5. The van der Waals surface area contributed by atoms with Crippen molar-refractivity contribution in [1.29, 1.82) is 0 Å². The average molecular weight is 299 g/mol. The Morgan fingerprint density at radius 3 is 3.00 bits per heavy atom. The van der Waals surface area contributed by atoms with E-state index in [0.29, 0.717) is 24.1 Å². The van der Waals surface area contributed by atoms with Crippen LogP contribution in [0.5, 0.6) is 11.5 Å². The number of ketones is 1. The van der Waals surface area contributed by atoms with Gasteiger partial charge in [0.05, 0.1) is 32.1 Å². The van der Waals surface area contributed by atoms with E-state index in [-0.39, 0.29) is 16.9 Å². The molecular weight excluding hydrogens is 278 g/mol. The van der Waals surface area contributed by atoms with Crippen molar-refractivity contribution in [1.82, 2.24) is 0 Å². The Balaban J connectivity index is 1.83. The number of quaternary nitrogens is 1. The molecule has 2 heterocycles. The smallest absolute Gasteiger partial charge is 0.174 e. The zero-order valence-electron chi connectivity index (χ0n) is 13.1. The zero-order valence-corrected chi connectivity index (χ0v) is 13.1. The van der Waals surface area contributed by atoms with Crippen molar-refractivity contribution < 1.29 is 19.1 Å². The Bertz CT molecular complexity index is 711. The van der Waals surface area contributed by atoms with E-state index in [1.807, 2.05) is 6.07 Å². The third-order valence-electron chi connectivity index (χ3n) is 6.93. The van der Waals surface area contributed by atoms with Gasteiger partial charge in [0, 0.05) is 30.7 Å². The number of hydrogen-bond donors (Lipinski definition) is 0. The summed E-state index contributed by atoms with van der Waals surface area (Å²) in [6.07, 6.45) is 3.11. The molecule has 5 rings (SSSR count). The van der Waals surface area contributed by atoms with E-state index in [0.717, 1.165) is 35.9 Å². The predicted molar refractivity (Wildman–Crippen MR) is 78.8 cm³/mol. The fourth-order valence-electron chi connectivity index (χ4n) is 5.89. The van der Waals surface area contributed by atoms with Gasteiger partial charge in [0.1, 0.15) is 5.75 Å². The molecule has 2 fully saturated rings. The van der Waals surface area contributed by atoms with Crippen molar-refractivity contribution in [3.8, 4) is 11.5 Å². The van der Waals surface area contributed by atoms with Crippen LogP contribution in [0.2, 0.25) is 0 Å². The van der Waals surface area contributed by atoms with Gasteiger partial charge in [0.25, 0.3) is 0 Å². The maximum atomic E-state index is 12.6. The minimum Gasteiger partial charge on any atom is -0.870 e. The molecule has 4 atom stereocenters. The number of Topliss-reactive ketones (excluding diaryl/α,β-unsaturated/α-hetero) is 1. The summed E-state index contributed by atoms with van der Waals surface area (Å²) in [6.45, 7) is 1.05. The Morgan fingerprint density at radius 1 is 1.36 bits per heavy atom. The van der Waals surface area contributed by atoms with E-state index in [4.69, 9.17) is 4.74 Å². The number of likely N-dealkylation sites (N-methyl/N-ethyl adjacent to an activating group) is 1. The summed E-state index contributed by atoms with van der Waals surface area (Å²) in [5, 5.41) is 12.3. The number of rotatable bonds is 0. The second-order valence-electron chi connectivity index (χ2n) is 8.10. The molecule has 1 unspecified atom stereocenters. The maximum absolute atomic E-state index is 12.6. The summed E-state index contributed by atoms with van der Waals surface area (Å²) in [6, 6.07) is 4.15. The average Bonchev–Trinajstić information content (AvgIpc) is 2.84. The molecule has 116 valence electrons. The number of likely N-dealkylation sites (tertiary alicyclic amines) is 1. The van der Waals surface area contributed by atoms with Crippen molar-refractivity contribution in [2.24, 2.45) is 5.92 Å². The molecule has 22 heavy (non-hydrogen) atoms. The van der Waals surface area contributed by atoms with E-state index in [2.05, 4.69) is 14.1 Å². The molecule has 1 spiro atoms. The van der Waals surface area contributed by atoms with Crippen LogP contribution in [0.4, 0.5) is 0 Å². The predicted octanol–water partition coefficient (Wildman–Crippen LogP) is 1.14. The van der Waals surface area contributed by atoms with Gasteiger partial charge in [-0.25, -0.2) is 0 Å². The van der Waals surface area contributed by atoms with Gasteiger partial charge in [-0.2, -0.15) is 0 Å². The van der Waals surface area contributed by atoms with Crippen LogP contribution in [0.1, 0.15) is 30.4 Å². The minimum atomic E-state index is -0.404. The van der Waals surface area contributed by atoms with Gasteiger partial charge in [-0.3, -0.25) is 4.79 Å². The van der Waals surface area contributed by atoms with Crippen LogP contribution in [0.25, 0.3) is 0 Å². The number of ether oxygens (including phenoxy) is 1. The van der Waals surface area contributed by atoms with Crippen molar-refractivity contribution >= 4 is 5.78 Å². The molecule has 0 radical (unpaired) electrons. The second-order valence-corrected chi connectivity index (χ2v) is 8.10. The lowest BCUT2D eigenvalue weighted by atomic mass is 9.51. The molecule has 4 heteroatoms. The normalized spacial score (nSPS) is 40.1. The molecule has 0 aromatic heterocycles. The molecule has 2 aliphatic carbocycles. The van der Waals surface area contributed by atoms with Crippen molar-refractivity contribution in [3.05, 3.63) is 23.3 Å². The van der Waals surface area contributed by atoms with Crippen LogP contribution in [-0.4, -0.2) is 43.1 Å². The lowest BCUT2D eigenvalue weighted by Gasteiger charge is -2.59. The molecule has 1 aromatic carbocycles. The molecule has 1 saturated carbocycles. The first-order chi connectivity index (χ1) is 10.4. The first-order valence-electron chi connectivity index (χ1n) is 8.30. The third kappa shape index (κ3) is 1.23. The molecule has 0 amide bonds. The Labute approximate surface area is 130 Å². The Hall–Kier alpha value is -1.55. The standard InChI is InChI=1S/C18H21NO3/c1-19(2)8-7-18-11-4-6-14(21)17(18)22-16-13(20)5-3-10(15(16)18)9-12(11)19/h3,5,11-12,17H,4,6-9H2,1-2H3/t11-,12-,17?,18+/m1/s1. The summed E-state index contributed by atoms with van der Waals surface area (Å²) >= 11 is 0. The highest BCUT2D eigenvalue weighted by Crippen LogP contribution is 2.63. The number of carbonyl (C=O) groups is 1. The quantitative estimate of drug-likeness (QED) is 0.675. The first kappa shape index (κ1) is 12.9. The second kappa shape index (κ2) is 3.67. The molecule has 2 aliphatic heterocycles. The van der Waals surface area contributed by atoms with Gasteiger partial charge >= 0.3 is 0 Å². The van der Waals surface area contributed by atoms with Gasteiger partial charge in [0.15, 0.2) is 11.9 Å². The van der Waals surface area contributed by atoms with Crippen LogP contribution in [0.15, 0.2) is 12.1 Å². The largest absolute Gasteiger partial charge is 0.870 e. The van der Waals surface area contributed by atoms with Gasteiger partial charge in [-0.15, -0.1) is 0 Å². The number of carbonyl (C=O) groups excluding carboxylic acids is 1. The van der Waals surface area contributed by atoms with Crippen molar-refractivity contribution in [2.45, 2.75) is 43.2 Å². The summed E-state index contributed by atoms with van der Waals surface area (Å²) in [4.78, 5) is 12.6. The number of nitrogens with zero attached hydrogens (tertiary/aromatic N) is 1. The summed E-state index contributed by atoms with van der Waals surface area (Å²) in [5.41, 5.74) is 2.15. The fraction of sp³-hybridized carbons (Fsp3) is 0.611. The number of hydrogen-bond acceptors (Lipinski definition) is 3. The lowest BCUT2D eigenvalue weighted by Crippen LogP contribution is -2.70. The molecule has 0 N–H and O–H groups in total. The van der Waals surface area contributed by atoms with Crippen LogP contribution in [-0.2, 0) is 16.6 Å². The van der Waals surface area contributed by atoms with Crippen LogP contribution >= 0.6 is 0 Å². The minimum absolute atomic E-state index is 0.0492. The monoisotopic (exact) mass is 299 g/mol.